The highest BCUT2D eigenvalue weighted by molar-refractivity contribution is 5.81. The topological polar surface area (TPSA) is 20.3 Å². The van der Waals surface area contributed by atoms with Gasteiger partial charge < -0.3 is 4.90 Å². The van der Waals surface area contributed by atoms with E-state index in [1.165, 1.54) is 38.5 Å². The van der Waals surface area contributed by atoms with E-state index in [2.05, 4.69) is 13.8 Å². The minimum atomic E-state index is -0.244. The van der Waals surface area contributed by atoms with Gasteiger partial charge in [-0.25, -0.2) is 0 Å². The number of hydrogen-bond acceptors (Lipinski definition) is 1. The van der Waals surface area contributed by atoms with Gasteiger partial charge in [0, 0.05) is 19.0 Å². The largest absolute Gasteiger partial charge is 0.345 e. The van der Waals surface area contributed by atoms with Gasteiger partial charge in [-0.2, -0.15) is 0 Å². The van der Waals surface area contributed by atoms with Gasteiger partial charge in [-0.3, -0.25) is 4.79 Å². The second-order valence-corrected chi connectivity index (χ2v) is 7.28. The van der Waals surface area contributed by atoms with Crippen LogP contribution in [0.1, 0.15) is 79.6 Å². The molecule has 2 heteroatoms. The van der Waals surface area contributed by atoms with Crippen LogP contribution in [0.15, 0.2) is 0 Å². The summed E-state index contributed by atoms with van der Waals surface area (Å²) in [5.74, 6) is 1.10. The summed E-state index contributed by atoms with van der Waals surface area (Å²) in [5, 5.41) is 0. The van der Waals surface area contributed by atoms with E-state index >= 15 is 0 Å². The SMILES string of the molecule is CC(C)CCCCCCCCN(C)C(=O)C(C)(C)C. The molecule has 0 aromatic heterocycles. The van der Waals surface area contributed by atoms with E-state index in [1.807, 2.05) is 32.7 Å². The van der Waals surface area contributed by atoms with Crippen molar-refractivity contribution in [2.45, 2.75) is 79.6 Å². The van der Waals surface area contributed by atoms with Gasteiger partial charge in [-0.15, -0.1) is 0 Å². The fourth-order valence-corrected chi connectivity index (χ4v) is 2.28. The molecular formula is C17H35NO. The Balaban J connectivity index is 3.47. The lowest BCUT2D eigenvalue weighted by Crippen LogP contribution is -2.37. The molecule has 0 unspecified atom stereocenters. The van der Waals surface area contributed by atoms with Crippen molar-refractivity contribution in [3.05, 3.63) is 0 Å². The van der Waals surface area contributed by atoms with Crippen molar-refractivity contribution in [1.29, 1.82) is 0 Å². The number of carbonyl (C=O) groups is 1. The fourth-order valence-electron chi connectivity index (χ4n) is 2.28. The average Bonchev–Trinajstić information content (AvgIpc) is 2.29. The van der Waals surface area contributed by atoms with Crippen molar-refractivity contribution in [1.82, 2.24) is 4.90 Å². The molecule has 0 heterocycles. The highest BCUT2D eigenvalue weighted by Crippen LogP contribution is 2.17. The first-order valence-corrected chi connectivity index (χ1v) is 8.00. The highest BCUT2D eigenvalue weighted by Gasteiger charge is 2.24. The molecule has 0 aromatic carbocycles. The molecule has 0 fully saturated rings. The van der Waals surface area contributed by atoms with Crippen molar-refractivity contribution in [2.75, 3.05) is 13.6 Å². The lowest BCUT2D eigenvalue weighted by atomic mass is 9.95. The van der Waals surface area contributed by atoms with Crippen LogP contribution in [-0.2, 0) is 4.79 Å². The first-order chi connectivity index (χ1) is 8.75. The minimum Gasteiger partial charge on any atom is -0.345 e. The Morgan fingerprint density at radius 3 is 1.89 bits per heavy atom. The average molecular weight is 269 g/mol. The third-order valence-corrected chi connectivity index (χ3v) is 3.51. The number of amides is 1. The van der Waals surface area contributed by atoms with Gasteiger partial charge in [0.25, 0.3) is 0 Å². The molecule has 2 nitrogen and oxygen atoms in total. The second kappa shape index (κ2) is 9.39. The Kier molecular flexibility index (Phi) is 9.12. The van der Waals surface area contributed by atoms with Gasteiger partial charge in [0.2, 0.25) is 5.91 Å². The lowest BCUT2D eigenvalue weighted by molar-refractivity contribution is -0.138. The standard InChI is InChI=1S/C17H35NO/c1-15(2)13-11-9-7-8-10-12-14-18(6)16(19)17(3,4)5/h15H,7-14H2,1-6H3. The molecule has 0 atom stereocenters. The van der Waals surface area contributed by atoms with Crippen molar-refractivity contribution >= 4 is 5.91 Å². The molecule has 0 radical (unpaired) electrons. The van der Waals surface area contributed by atoms with Gasteiger partial charge in [-0.1, -0.05) is 73.1 Å². The van der Waals surface area contributed by atoms with Crippen molar-refractivity contribution in [2.24, 2.45) is 11.3 Å². The molecule has 0 spiro atoms. The van der Waals surface area contributed by atoms with Crippen molar-refractivity contribution in [3.63, 3.8) is 0 Å². The second-order valence-electron chi connectivity index (χ2n) is 7.28. The normalized spacial score (nSPS) is 11.9. The zero-order valence-corrected chi connectivity index (χ0v) is 14.1. The van der Waals surface area contributed by atoms with E-state index in [-0.39, 0.29) is 11.3 Å². The van der Waals surface area contributed by atoms with Gasteiger partial charge in [0.1, 0.15) is 0 Å². The summed E-state index contributed by atoms with van der Waals surface area (Å²) in [6, 6.07) is 0. The minimum absolute atomic E-state index is 0.244. The van der Waals surface area contributed by atoms with Crippen LogP contribution in [0.3, 0.4) is 0 Å². The smallest absolute Gasteiger partial charge is 0.227 e. The Hall–Kier alpha value is -0.530. The highest BCUT2D eigenvalue weighted by atomic mass is 16.2. The zero-order chi connectivity index (χ0) is 14.9. The lowest BCUT2D eigenvalue weighted by Gasteiger charge is -2.25. The van der Waals surface area contributed by atoms with Crippen LogP contribution in [-0.4, -0.2) is 24.4 Å². The van der Waals surface area contributed by atoms with Gasteiger partial charge in [0.05, 0.1) is 0 Å². The third-order valence-electron chi connectivity index (χ3n) is 3.51. The Bertz CT molecular complexity index is 240. The fraction of sp³-hybridized carbons (Fsp3) is 0.941. The molecular weight excluding hydrogens is 234 g/mol. The van der Waals surface area contributed by atoms with E-state index in [4.69, 9.17) is 0 Å². The maximum Gasteiger partial charge on any atom is 0.227 e. The van der Waals surface area contributed by atoms with Crippen LogP contribution >= 0.6 is 0 Å². The predicted molar refractivity (Wildman–Crippen MR) is 84.2 cm³/mol. The van der Waals surface area contributed by atoms with Crippen LogP contribution in [0.25, 0.3) is 0 Å². The van der Waals surface area contributed by atoms with E-state index in [0.29, 0.717) is 0 Å². The van der Waals surface area contributed by atoms with E-state index in [0.717, 1.165) is 18.9 Å². The first-order valence-electron chi connectivity index (χ1n) is 8.00. The Morgan fingerprint density at radius 2 is 1.42 bits per heavy atom. The van der Waals surface area contributed by atoms with E-state index in [1.54, 1.807) is 0 Å². The molecule has 0 saturated carbocycles. The summed E-state index contributed by atoms with van der Waals surface area (Å²) in [6.45, 7) is 11.5. The molecule has 0 N–H and O–H groups in total. The number of carbonyl (C=O) groups excluding carboxylic acids is 1. The maximum atomic E-state index is 12.0. The molecule has 0 aromatic rings. The molecule has 0 rings (SSSR count). The summed E-state index contributed by atoms with van der Waals surface area (Å²) in [7, 11) is 1.93. The summed E-state index contributed by atoms with van der Waals surface area (Å²) in [5.41, 5.74) is -0.244. The number of rotatable bonds is 9. The van der Waals surface area contributed by atoms with Crippen LogP contribution < -0.4 is 0 Å². The van der Waals surface area contributed by atoms with Gasteiger partial charge >= 0.3 is 0 Å². The number of hydrogen-bond donors (Lipinski definition) is 0. The van der Waals surface area contributed by atoms with Crippen LogP contribution in [0.2, 0.25) is 0 Å². The molecule has 1 amide bonds. The predicted octanol–water partition coefficient (Wildman–Crippen LogP) is 4.88. The van der Waals surface area contributed by atoms with Crippen LogP contribution in [0, 0.1) is 11.3 Å². The maximum absolute atomic E-state index is 12.0. The number of unbranched alkanes of at least 4 members (excludes halogenated alkanes) is 5. The third kappa shape index (κ3) is 9.98. The molecule has 0 saturated heterocycles. The van der Waals surface area contributed by atoms with Gasteiger partial charge in [-0.05, 0) is 12.3 Å². The Morgan fingerprint density at radius 1 is 0.947 bits per heavy atom. The monoisotopic (exact) mass is 269 g/mol. The first kappa shape index (κ1) is 18.5. The van der Waals surface area contributed by atoms with Crippen molar-refractivity contribution < 1.29 is 4.79 Å². The zero-order valence-electron chi connectivity index (χ0n) is 14.1. The van der Waals surface area contributed by atoms with Crippen LogP contribution in [0.4, 0.5) is 0 Å². The molecule has 0 bridgehead atoms. The van der Waals surface area contributed by atoms with E-state index < -0.39 is 0 Å². The van der Waals surface area contributed by atoms with E-state index in [9.17, 15) is 4.79 Å². The summed E-state index contributed by atoms with van der Waals surface area (Å²) in [4.78, 5) is 13.8. The number of nitrogens with zero attached hydrogens (tertiary/aromatic N) is 1. The molecule has 0 aliphatic carbocycles. The van der Waals surface area contributed by atoms with Crippen LogP contribution in [0.5, 0.6) is 0 Å². The Labute approximate surface area is 120 Å². The summed E-state index contributed by atoms with van der Waals surface area (Å²) in [6.07, 6.45) is 9.17. The molecule has 19 heavy (non-hydrogen) atoms. The molecule has 0 aliphatic heterocycles. The summed E-state index contributed by atoms with van der Waals surface area (Å²) >= 11 is 0. The van der Waals surface area contributed by atoms with Crippen molar-refractivity contribution in [3.8, 4) is 0 Å². The summed E-state index contributed by atoms with van der Waals surface area (Å²) < 4.78 is 0. The molecule has 114 valence electrons. The quantitative estimate of drug-likeness (QED) is 0.546. The molecule has 0 aliphatic rings. The van der Waals surface area contributed by atoms with Gasteiger partial charge in [0.15, 0.2) is 0 Å².